The summed E-state index contributed by atoms with van der Waals surface area (Å²) in [5.74, 6) is 0.0665. The Kier molecular flexibility index (Phi) is 1.40. The molecule has 0 aromatic heterocycles. The fraction of sp³-hybridized carbons (Fsp3) is 0.857. The van der Waals surface area contributed by atoms with Crippen LogP contribution in [0.3, 0.4) is 0 Å². The molecule has 1 atom stereocenters. The summed E-state index contributed by atoms with van der Waals surface area (Å²) < 4.78 is 0. The predicted molar refractivity (Wildman–Crippen MR) is 38.9 cm³/mol. The van der Waals surface area contributed by atoms with Gasteiger partial charge in [-0.25, -0.2) is 0 Å². The second kappa shape index (κ2) is 2.19. The van der Waals surface area contributed by atoms with Gasteiger partial charge in [0.2, 0.25) is 5.91 Å². The third-order valence-corrected chi connectivity index (χ3v) is 2.67. The van der Waals surface area contributed by atoms with Gasteiger partial charge in [0.05, 0.1) is 6.10 Å². The van der Waals surface area contributed by atoms with Crippen molar-refractivity contribution in [3.05, 3.63) is 0 Å². The van der Waals surface area contributed by atoms with Crippen molar-refractivity contribution in [3.63, 3.8) is 0 Å². The maximum Gasteiger partial charge on any atom is 0.220 e. The quantitative estimate of drug-likeness (QED) is 0.398. The molecule has 0 aromatic carbocycles. The number of hydrogen-bond donors (Lipinski definition) is 3. The van der Waals surface area contributed by atoms with Crippen LogP contribution in [0.4, 0.5) is 0 Å². The number of aliphatic hydroxyl groups is 1. The highest BCUT2D eigenvalue weighted by atomic mass is 16.3. The summed E-state index contributed by atoms with van der Waals surface area (Å²) in [6.45, 7) is 1.98. The lowest BCUT2D eigenvalue weighted by molar-refractivity contribution is -0.134. The molecule has 0 bridgehead atoms. The van der Waals surface area contributed by atoms with E-state index in [1.54, 1.807) is 0 Å². The average Bonchev–Trinajstić information content (AvgIpc) is 1.91. The van der Waals surface area contributed by atoms with E-state index < -0.39 is 0 Å². The molecule has 11 heavy (non-hydrogen) atoms. The van der Waals surface area contributed by atoms with Crippen molar-refractivity contribution >= 4 is 5.91 Å². The van der Waals surface area contributed by atoms with Crippen LogP contribution in [0.2, 0.25) is 0 Å². The zero-order valence-corrected chi connectivity index (χ0v) is 6.26. The van der Waals surface area contributed by atoms with Gasteiger partial charge in [0.1, 0.15) is 0 Å². The smallest absolute Gasteiger partial charge is 0.220 e. The predicted octanol–water partition coefficient (Wildman–Crippen LogP) is -1.54. The lowest BCUT2D eigenvalue weighted by Gasteiger charge is -2.48. The van der Waals surface area contributed by atoms with Gasteiger partial charge in [-0.1, -0.05) is 0 Å². The number of amides is 1. The van der Waals surface area contributed by atoms with Crippen LogP contribution in [-0.2, 0) is 4.79 Å². The molecule has 3 N–H and O–H groups in total. The number of hydrogen-bond acceptors (Lipinski definition) is 3. The van der Waals surface area contributed by atoms with Crippen LogP contribution in [0, 0.1) is 5.41 Å². The molecular weight excluding hydrogens is 144 g/mol. The molecule has 4 heteroatoms. The van der Waals surface area contributed by atoms with E-state index in [1.165, 1.54) is 0 Å². The number of aliphatic hydroxyl groups excluding tert-OH is 1. The summed E-state index contributed by atoms with van der Waals surface area (Å²) in [7, 11) is 0. The molecule has 2 fully saturated rings. The number of piperidine rings is 1. The van der Waals surface area contributed by atoms with Gasteiger partial charge in [0.15, 0.2) is 0 Å². The molecule has 0 aliphatic carbocycles. The van der Waals surface area contributed by atoms with Gasteiger partial charge in [-0.3, -0.25) is 4.79 Å². The molecule has 62 valence electrons. The first kappa shape index (κ1) is 7.06. The molecule has 1 amide bonds. The summed E-state index contributed by atoms with van der Waals surface area (Å²) in [5.41, 5.74) is -0.137. The van der Waals surface area contributed by atoms with E-state index in [0.717, 1.165) is 13.1 Å². The monoisotopic (exact) mass is 156 g/mol. The van der Waals surface area contributed by atoms with Crippen molar-refractivity contribution in [2.24, 2.45) is 5.41 Å². The van der Waals surface area contributed by atoms with Crippen LogP contribution in [0.15, 0.2) is 0 Å². The first-order valence-electron chi connectivity index (χ1n) is 3.88. The fourth-order valence-corrected chi connectivity index (χ4v) is 1.73. The van der Waals surface area contributed by atoms with Crippen molar-refractivity contribution in [1.29, 1.82) is 0 Å². The maximum absolute atomic E-state index is 11.0. The molecule has 2 aliphatic heterocycles. The van der Waals surface area contributed by atoms with Gasteiger partial charge in [0.25, 0.3) is 0 Å². The number of rotatable bonds is 0. The highest BCUT2D eigenvalue weighted by Gasteiger charge is 2.47. The van der Waals surface area contributed by atoms with Crippen molar-refractivity contribution in [2.75, 3.05) is 19.6 Å². The van der Waals surface area contributed by atoms with Gasteiger partial charge < -0.3 is 15.7 Å². The van der Waals surface area contributed by atoms with Crippen molar-refractivity contribution in [1.82, 2.24) is 10.6 Å². The molecule has 2 saturated heterocycles. The molecule has 4 nitrogen and oxygen atoms in total. The number of carbonyl (C=O) groups excluding carboxylic acids is 1. The Balaban J connectivity index is 2.10. The summed E-state index contributed by atoms with van der Waals surface area (Å²) in [4.78, 5) is 11.0. The molecule has 1 spiro atoms. The van der Waals surface area contributed by atoms with Gasteiger partial charge in [-0.05, 0) is 0 Å². The SMILES string of the molecule is O=C1CC2(CNC2)C(O)CN1. The van der Waals surface area contributed by atoms with Gasteiger partial charge in [-0.2, -0.15) is 0 Å². The first-order chi connectivity index (χ1) is 5.23. The standard InChI is InChI=1S/C7H12N2O2/c10-5-2-9-6(11)1-7(5)3-8-4-7/h5,8,10H,1-4H2,(H,9,11). The third-order valence-electron chi connectivity index (χ3n) is 2.67. The van der Waals surface area contributed by atoms with Crippen LogP contribution in [-0.4, -0.2) is 36.8 Å². The number of nitrogens with one attached hydrogen (secondary N) is 2. The molecule has 2 rings (SSSR count). The summed E-state index contributed by atoms with van der Waals surface area (Å²) >= 11 is 0. The van der Waals surface area contributed by atoms with Crippen molar-refractivity contribution in [3.8, 4) is 0 Å². The van der Waals surface area contributed by atoms with Crippen molar-refractivity contribution in [2.45, 2.75) is 12.5 Å². The Labute approximate surface area is 65.0 Å². The van der Waals surface area contributed by atoms with E-state index in [0.29, 0.717) is 13.0 Å². The summed E-state index contributed by atoms with van der Waals surface area (Å²) in [6, 6.07) is 0. The second-order valence-electron chi connectivity index (χ2n) is 3.46. The highest BCUT2D eigenvalue weighted by molar-refractivity contribution is 5.78. The molecule has 2 aliphatic rings. The summed E-state index contributed by atoms with van der Waals surface area (Å²) in [6.07, 6.45) is 0.114. The third kappa shape index (κ3) is 0.937. The molecule has 0 radical (unpaired) electrons. The highest BCUT2D eigenvalue weighted by Crippen LogP contribution is 2.33. The van der Waals surface area contributed by atoms with Crippen molar-refractivity contribution < 1.29 is 9.90 Å². The molecule has 2 heterocycles. The minimum Gasteiger partial charge on any atom is -0.391 e. The largest absolute Gasteiger partial charge is 0.391 e. The molecule has 0 aromatic rings. The van der Waals surface area contributed by atoms with Gasteiger partial charge >= 0.3 is 0 Å². The minimum atomic E-state index is -0.360. The van der Waals surface area contributed by atoms with E-state index in [1.807, 2.05) is 0 Å². The van der Waals surface area contributed by atoms with E-state index in [9.17, 15) is 9.90 Å². The first-order valence-corrected chi connectivity index (χ1v) is 3.88. The maximum atomic E-state index is 11.0. The average molecular weight is 156 g/mol. The van der Waals surface area contributed by atoms with E-state index in [2.05, 4.69) is 10.6 Å². The molecule has 0 saturated carbocycles. The van der Waals surface area contributed by atoms with E-state index >= 15 is 0 Å². The van der Waals surface area contributed by atoms with E-state index in [4.69, 9.17) is 0 Å². The van der Waals surface area contributed by atoms with E-state index in [-0.39, 0.29) is 17.4 Å². The van der Waals surface area contributed by atoms with Crippen LogP contribution < -0.4 is 10.6 Å². The minimum absolute atomic E-state index is 0.0665. The van der Waals surface area contributed by atoms with Crippen LogP contribution in [0.5, 0.6) is 0 Å². The zero-order valence-electron chi connectivity index (χ0n) is 6.26. The molecular formula is C7H12N2O2. The Morgan fingerprint density at radius 3 is 2.73 bits per heavy atom. The van der Waals surface area contributed by atoms with Gasteiger partial charge in [0, 0.05) is 31.5 Å². The lowest BCUT2D eigenvalue weighted by atomic mass is 9.71. The fourth-order valence-electron chi connectivity index (χ4n) is 1.73. The number of carbonyl (C=O) groups is 1. The van der Waals surface area contributed by atoms with Crippen LogP contribution in [0.25, 0.3) is 0 Å². The Morgan fingerprint density at radius 1 is 1.55 bits per heavy atom. The second-order valence-corrected chi connectivity index (χ2v) is 3.46. The lowest BCUT2D eigenvalue weighted by Crippen LogP contribution is -2.66. The summed E-state index contributed by atoms with van der Waals surface area (Å²) in [5, 5.41) is 15.3. The number of β-amino-alcohol motifs (C(OH)–C–C–N with tert-alkyl or cyclic N) is 1. The van der Waals surface area contributed by atoms with Gasteiger partial charge in [-0.15, -0.1) is 0 Å². The normalized spacial score (nSPS) is 34.6. The van der Waals surface area contributed by atoms with Crippen LogP contribution in [0.1, 0.15) is 6.42 Å². The topological polar surface area (TPSA) is 61.4 Å². The molecule has 1 unspecified atom stereocenters. The van der Waals surface area contributed by atoms with Crippen LogP contribution >= 0.6 is 0 Å². The zero-order chi connectivity index (χ0) is 7.90. The Hall–Kier alpha value is -0.610. The Bertz CT molecular complexity index is 189. The Morgan fingerprint density at radius 2 is 2.27 bits per heavy atom.